The fourth-order valence-corrected chi connectivity index (χ4v) is 3.85. The molecule has 0 fully saturated rings. The topological polar surface area (TPSA) is 54.9 Å². The van der Waals surface area contributed by atoms with Crippen molar-refractivity contribution in [3.05, 3.63) is 57.8 Å². The molecule has 0 aliphatic heterocycles. The minimum absolute atomic E-state index is 0.0676. The molecular formula is C20H25N3OS. The van der Waals surface area contributed by atoms with E-state index < -0.39 is 0 Å². The molecule has 25 heavy (non-hydrogen) atoms. The molecule has 1 N–H and O–H groups in total. The average Bonchev–Trinajstić information content (AvgIpc) is 3.09. The van der Waals surface area contributed by atoms with E-state index in [0.29, 0.717) is 6.42 Å². The molecule has 0 saturated heterocycles. The van der Waals surface area contributed by atoms with E-state index >= 15 is 0 Å². The van der Waals surface area contributed by atoms with Gasteiger partial charge in [0.15, 0.2) is 0 Å². The molecule has 0 saturated carbocycles. The van der Waals surface area contributed by atoms with E-state index in [1.807, 2.05) is 29.8 Å². The third-order valence-corrected chi connectivity index (χ3v) is 5.37. The van der Waals surface area contributed by atoms with Gasteiger partial charge in [0.1, 0.15) is 0 Å². The minimum atomic E-state index is 0.0676. The third kappa shape index (κ3) is 6.09. The Bertz CT molecular complexity index is 709. The Morgan fingerprint density at radius 2 is 2.12 bits per heavy atom. The van der Waals surface area contributed by atoms with Crippen molar-refractivity contribution >= 4 is 17.2 Å². The number of rotatable bonds is 8. The van der Waals surface area contributed by atoms with Crippen molar-refractivity contribution in [2.45, 2.75) is 51.4 Å². The van der Waals surface area contributed by atoms with Gasteiger partial charge in [0, 0.05) is 30.2 Å². The summed E-state index contributed by atoms with van der Waals surface area (Å²) in [5.41, 5.74) is 3.45. The van der Waals surface area contributed by atoms with E-state index in [0.717, 1.165) is 42.2 Å². The zero-order valence-corrected chi connectivity index (χ0v) is 15.4. The van der Waals surface area contributed by atoms with Crippen LogP contribution >= 0.6 is 11.3 Å². The number of pyridine rings is 1. The first-order valence-corrected chi connectivity index (χ1v) is 9.95. The highest BCUT2D eigenvalue weighted by molar-refractivity contribution is 7.09. The van der Waals surface area contributed by atoms with Crippen LogP contribution in [0.4, 0.5) is 0 Å². The van der Waals surface area contributed by atoms with Gasteiger partial charge in [-0.15, -0.1) is 11.3 Å². The SMILES string of the molecule is O=C(Cc1csc(CCc2ccccn2)n1)NCCC1=CCCCC1. The molecule has 2 heterocycles. The van der Waals surface area contributed by atoms with E-state index in [2.05, 4.69) is 21.4 Å². The molecule has 1 aliphatic carbocycles. The van der Waals surface area contributed by atoms with Crippen molar-refractivity contribution in [2.24, 2.45) is 0 Å². The molecule has 2 aromatic heterocycles. The smallest absolute Gasteiger partial charge is 0.226 e. The standard InChI is InChI=1S/C20H25N3OS/c24-19(22-13-11-16-6-2-1-3-7-16)14-18-15-25-20(23-18)10-9-17-8-4-5-12-21-17/h4-6,8,12,15H,1-3,7,9-11,13-14H2,(H,22,24). The van der Waals surface area contributed by atoms with Crippen LogP contribution in [0.15, 0.2) is 41.4 Å². The van der Waals surface area contributed by atoms with Crippen LogP contribution in [0.25, 0.3) is 0 Å². The molecule has 0 unspecified atom stereocenters. The summed E-state index contributed by atoms with van der Waals surface area (Å²) in [6, 6.07) is 5.96. The Balaban J connectivity index is 1.38. The molecule has 1 amide bonds. The lowest BCUT2D eigenvalue weighted by Crippen LogP contribution is -2.26. The summed E-state index contributed by atoms with van der Waals surface area (Å²) >= 11 is 1.63. The fraction of sp³-hybridized carbons (Fsp3) is 0.450. The minimum Gasteiger partial charge on any atom is -0.355 e. The molecule has 2 aromatic rings. The van der Waals surface area contributed by atoms with Crippen molar-refractivity contribution in [2.75, 3.05) is 6.54 Å². The number of amides is 1. The number of carbonyl (C=O) groups excluding carboxylic acids is 1. The van der Waals surface area contributed by atoms with Gasteiger partial charge >= 0.3 is 0 Å². The zero-order valence-electron chi connectivity index (χ0n) is 14.5. The number of nitrogens with one attached hydrogen (secondary N) is 1. The predicted molar refractivity (Wildman–Crippen MR) is 102 cm³/mol. The number of hydrogen-bond acceptors (Lipinski definition) is 4. The second kappa shape index (κ2) is 9.47. The third-order valence-electron chi connectivity index (χ3n) is 4.42. The lowest BCUT2D eigenvalue weighted by atomic mass is 9.97. The summed E-state index contributed by atoms with van der Waals surface area (Å²) in [5, 5.41) is 6.09. The summed E-state index contributed by atoms with van der Waals surface area (Å²) < 4.78 is 0. The van der Waals surface area contributed by atoms with Crippen molar-refractivity contribution in [1.29, 1.82) is 0 Å². The summed E-state index contributed by atoms with van der Waals surface area (Å²) in [6.45, 7) is 0.737. The lowest BCUT2D eigenvalue weighted by molar-refractivity contribution is -0.120. The predicted octanol–water partition coefficient (Wildman–Crippen LogP) is 3.87. The maximum Gasteiger partial charge on any atom is 0.226 e. The van der Waals surface area contributed by atoms with Crippen LogP contribution in [-0.2, 0) is 24.1 Å². The molecular weight excluding hydrogens is 330 g/mol. The molecule has 0 radical (unpaired) electrons. The van der Waals surface area contributed by atoms with Gasteiger partial charge in [0.2, 0.25) is 5.91 Å². The van der Waals surface area contributed by atoms with Crippen LogP contribution in [0.3, 0.4) is 0 Å². The maximum absolute atomic E-state index is 12.1. The summed E-state index contributed by atoms with van der Waals surface area (Å²) in [5.74, 6) is 0.0676. The number of aryl methyl sites for hydroxylation is 2. The van der Waals surface area contributed by atoms with Crippen molar-refractivity contribution in [1.82, 2.24) is 15.3 Å². The van der Waals surface area contributed by atoms with Gasteiger partial charge in [0.05, 0.1) is 17.1 Å². The Kier molecular flexibility index (Phi) is 6.74. The van der Waals surface area contributed by atoms with Crippen LogP contribution < -0.4 is 5.32 Å². The first-order chi connectivity index (χ1) is 12.3. The van der Waals surface area contributed by atoms with E-state index in [4.69, 9.17) is 0 Å². The van der Waals surface area contributed by atoms with E-state index in [9.17, 15) is 4.79 Å². The van der Waals surface area contributed by atoms with Crippen molar-refractivity contribution < 1.29 is 4.79 Å². The van der Waals surface area contributed by atoms with Gasteiger partial charge in [0.25, 0.3) is 0 Å². The number of allylic oxidation sites excluding steroid dienone is 1. The largest absolute Gasteiger partial charge is 0.355 e. The van der Waals surface area contributed by atoms with E-state index in [1.54, 1.807) is 11.3 Å². The second-order valence-corrected chi connectivity index (χ2v) is 7.38. The van der Waals surface area contributed by atoms with Crippen molar-refractivity contribution in [3.63, 3.8) is 0 Å². The Labute approximate surface area is 153 Å². The molecule has 4 nitrogen and oxygen atoms in total. The van der Waals surface area contributed by atoms with Crippen LogP contribution in [0, 0.1) is 0 Å². The Morgan fingerprint density at radius 3 is 2.92 bits per heavy atom. The zero-order chi connectivity index (χ0) is 17.3. The quantitative estimate of drug-likeness (QED) is 0.731. The van der Waals surface area contributed by atoms with E-state index in [1.165, 1.54) is 31.3 Å². The van der Waals surface area contributed by atoms with E-state index in [-0.39, 0.29) is 5.91 Å². The highest BCUT2D eigenvalue weighted by Gasteiger charge is 2.09. The monoisotopic (exact) mass is 355 g/mol. The molecule has 0 bridgehead atoms. The molecule has 132 valence electrons. The Hall–Kier alpha value is -2.01. The normalized spacial score (nSPS) is 14.2. The molecule has 1 aliphatic rings. The van der Waals surface area contributed by atoms with Crippen LogP contribution in [0.5, 0.6) is 0 Å². The van der Waals surface area contributed by atoms with Gasteiger partial charge in [-0.3, -0.25) is 9.78 Å². The molecule has 0 atom stereocenters. The molecule has 5 heteroatoms. The molecule has 0 spiro atoms. The van der Waals surface area contributed by atoms with Crippen molar-refractivity contribution in [3.8, 4) is 0 Å². The van der Waals surface area contributed by atoms with Gasteiger partial charge < -0.3 is 5.32 Å². The summed E-state index contributed by atoms with van der Waals surface area (Å²) in [4.78, 5) is 21.0. The number of nitrogens with zero attached hydrogens (tertiary/aromatic N) is 2. The van der Waals surface area contributed by atoms with Crippen LogP contribution in [-0.4, -0.2) is 22.4 Å². The van der Waals surface area contributed by atoms with Gasteiger partial charge in [-0.25, -0.2) is 4.98 Å². The molecule has 0 aromatic carbocycles. The van der Waals surface area contributed by atoms with Gasteiger partial charge in [-0.05, 0) is 50.7 Å². The van der Waals surface area contributed by atoms with Crippen LogP contribution in [0.1, 0.15) is 48.5 Å². The maximum atomic E-state index is 12.1. The highest BCUT2D eigenvalue weighted by atomic mass is 32.1. The number of thiazole rings is 1. The number of carbonyl (C=O) groups is 1. The molecule has 3 rings (SSSR count). The first kappa shape index (κ1) is 17.8. The first-order valence-electron chi connectivity index (χ1n) is 9.07. The number of hydrogen-bond donors (Lipinski definition) is 1. The van der Waals surface area contributed by atoms with Gasteiger partial charge in [-0.2, -0.15) is 0 Å². The second-order valence-electron chi connectivity index (χ2n) is 6.44. The fourth-order valence-electron chi connectivity index (χ4n) is 3.05. The van der Waals surface area contributed by atoms with Gasteiger partial charge in [-0.1, -0.05) is 17.7 Å². The summed E-state index contributed by atoms with van der Waals surface area (Å²) in [7, 11) is 0. The highest BCUT2D eigenvalue weighted by Crippen LogP contribution is 2.19. The summed E-state index contributed by atoms with van der Waals surface area (Å²) in [6.07, 6.45) is 12.3. The Morgan fingerprint density at radius 1 is 1.16 bits per heavy atom. The number of aromatic nitrogens is 2. The lowest BCUT2D eigenvalue weighted by Gasteiger charge is -2.12. The average molecular weight is 356 g/mol. The van der Waals surface area contributed by atoms with Crippen LogP contribution in [0.2, 0.25) is 0 Å².